The zero-order valence-corrected chi connectivity index (χ0v) is 14.8. The molecule has 1 aliphatic rings. The molecular formula is C19H20N4O3. The van der Waals surface area contributed by atoms with Crippen LogP contribution in [0.1, 0.15) is 59.1 Å². The van der Waals surface area contributed by atoms with E-state index in [-0.39, 0.29) is 5.91 Å². The van der Waals surface area contributed by atoms with Gasteiger partial charge >= 0.3 is 0 Å². The van der Waals surface area contributed by atoms with E-state index in [4.69, 9.17) is 9.05 Å². The minimum atomic E-state index is -0.433. The summed E-state index contributed by atoms with van der Waals surface area (Å²) in [5.41, 5.74) is 3.81. The molecule has 1 amide bonds. The molecule has 4 rings (SSSR count). The van der Waals surface area contributed by atoms with Gasteiger partial charge in [-0.3, -0.25) is 4.79 Å². The predicted molar refractivity (Wildman–Crippen MR) is 93.5 cm³/mol. The number of amides is 1. The molecule has 0 saturated carbocycles. The molecule has 1 atom stereocenters. The Hall–Kier alpha value is -2.96. The number of carbonyl (C=O) groups excluding carboxylic acids is 1. The SMILES string of the molecule is Cc1cccc(-c2noc([C@H](C)NC(=O)c3onc4c3CCCC4)n2)c1. The number of aryl methyl sites for hydroxylation is 2. The molecule has 0 saturated heterocycles. The van der Waals surface area contributed by atoms with Crippen LogP contribution in [0.5, 0.6) is 0 Å². The summed E-state index contributed by atoms with van der Waals surface area (Å²) in [4.78, 5) is 17.0. The highest BCUT2D eigenvalue weighted by atomic mass is 16.5. The molecule has 134 valence electrons. The first kappa shape index (κ1) is 16.5. The lowest BCUT2D eigenvalue weighted by Gasteiger charge is -2.11. The third-order valence-electron chi connectivity index (χ3n) is 4.60. The standard InChI is InChI=1S/C19H20N4O3/c1-11-6-5-7-13(10-11)17-21-19(26-23-17)12(2)20-18(24)16-14-8-3-4-9-15(14)22-25-16/h5-7,10,12H,3-4,8-9H2,1-2H3,(H,20,24)/t12-/m0/s1. The van der Waals surface area contributed by atoms with E-state index in [0.717, 1.165) is 48.1 Å². The van der Waals surface area contributed by atoms with Crippen molar-refractivity contribution in [1.82, 2.24) is 20.6 Å². The first-order chi connectivity index (χ1) is 12.6. The second-order valence-electron chi connectivity index (χ2n) is 6.66. The lowest BCUT2D eigenvalue weighted by atomic mass is 9.96. The van der Waals surface area contributed by atoms with Gasteiger partial charge in [-0.25, -0.2) is 0 Å². The number of hydrogen-bond acceptors (Lipinski definition) is 6. The van der Waals surface area contributed by atoms with Gasteiger partial charge in [0.05, 0.1) is 5.69 Å². The molecule has 3 aromatic rings. The van der Waals surface area contributed by atoms with E-state index in [1.54, 1.807) is 6.92 Å². The summed E-state index contributed by atoms with van der Waals surface area (Å²) in [6.45, 7) is 3.81. The minimum absolute atomic E-state index is 0.296. The topological polar surface area (TPSA) is 94.1 Å². The van der Waals surface area contributed by atoms with Crippen LogP contribution < -0.4 is 5.32 Å². The van der Waals surface area contributed by atoms with Gasteiger partial charge < -0.3 is 14.4 Å². The maximum atomic E-state index is 12.5. The third-order valence-corrected chi connectivity index (χ3v) is 4.60. The number of rotatable bonds is 4. The molecule has 0 spiro atoms. The van der Waals surface area contributed by atoms with Crippen LogP contribution >= 0.6 is 0 Å². The monoisotopic (exact) mass is 352 g/mol. The summed E-state index contributed by atoms with van der Waals surface area (Å²) in [7, 11) is 0. The van der Waals surface area contributed by atoms with Gasteiger partial charge in [-0.15, -0.1) is 0 Å². The molecule has 26 heavy (non-hydrogen) atoms. The second-order valence-corrected chi connectivity index (χ2v) is 6.66. The number of benzene rings is 1. The van der Waals surface area contributed by atoms with Gasteiger partial charge in [0.25, 0.3) is 5.91 Å². The Morgan fingerprint density at radius 2 is 2.04 bits per heavy atom. The minimum Gasteiger partial charge on any atom is -0.350 e. The van der Waals surface area contributed by atoms with Crippen molar-refractivity contribution in [2.75, 3.05) is 0 Å². The van der Waals surface area contributed by atoms with Crippen LogP contribution in [0.3, 0.4) is 0 Å². The van der Waals surface area contributed by atoms with Crippen LogP contribution in [0.15, 0.2) is 33.3 Å². The largest absolute Gasteiger partial charge is 0.350 e. The van der Waals surface area contributed by atoms with Crippen LogP contribution in [0.4, 0.5) is 0 Å². The van der Waals surface area contributed by atoms with Gasteiger partial charge in [-0.05, 0) is 45.6 Å². The highest BCUT2D eigenvalue weighted by Gasteiger charge is 2.26. The number of aromatic nitrogens is 3. The Morgan fingerprint density at radius 1 is 1.19 bits per heavy atom. The number of nitrogens with zero attached hydrogens (tertiary/aromatic N) is 3. The number of nitrogens with one attached hydrogen (secondary N) is 1. The van der Waals surface area contributed by atoms with E-state index in [9.17, 15) is 4.79 Å². The Balaban J connectivity index is 1.49. The Bertz CT molecular complexity index is 944. The van der Waals surface area contributed by atoms with Crippen molar-refractivity contribution in [1.29, 1.82) is 0 Å². The summed E-state index contributed by atoms with van der Waals surface area (Å²) in [6, 6.07) is 7.42. The summed E-state index contributed by atoms with van der Waals surface area (Å²) in [5.74, 6) is 0.846. The third kappa shape index (κ3) is 3.12. The quantitative estimate of drug-likeness (QED) is 0.773. The van der Waals surface area contributed by atoms with Crippen molar-refractivity contribution in [2.24, 2.45) is 0 Å². The second kappa shape index (κ2) is 6.74. The van der Waals surface area contributed by atoms with Gasteiger partial charge in [0.2, 0.25) is 17.5 Å². The van der Waals surface area contributed by atoms with Gasteiger partial charge in [0.1, 0.15) is 6.04 Å². The first-order valence-electron chi connectivity index (χ1n) is 8.81. The van der Waals surface area contributed by atoms with E-state index in [0.29, 0.717) is 17.5 Å². The lowest BCUT2D eigenvalue weighted by Crippen LogP contribution is -2.27. The van der Waals surface area contributed by atoms with Crippen LogP contribution in [-0.4, -0.2) is 21.2 Å². The molecule has 0 bridgehead atoms. The van der Waals surface area contributed by atoms with Gasteiger partial charge in [-0.2, -0.15) is 4.98 Å². The molecule has 1 aromatic carbocycles. The summed E-state index contributed by atoms with van der Waals surface area (Å²) in [6.07, 6.45) is 3.83. The average molecular weight is 352 g/mol. The smallest absolute Gasteiger partial charge is 0.290 e. The summed E-state index contributed by atoms with van der Waals surface area (Å²) >= 11 is 0. The van der Waals surface area contributed by atoms with E-state index < -0.39 is 6.04 Å². The fourth-order valence-electron chi connectivity index (χ4n) is 3.21. The van der Waals surface area contributed by atoms with E-state index >= 15 is 0 Å². The zero-order valence-electron chi connectivity index (χ0n) is 14.8. The van der Waals surface area contributed by atoms with Gasteiger partial charge in [-0.1, -0.05) is 34.1 Å². The number of hydrogen-bond donors (Lipinski definition) is 1. The molecule has 7 nitrogen and oxygen atoms in total. The Morgan fingerprint density at radius 3 is 2.88 bits per heavy atom. The van der Waals surface area contributed by atoms with E-state index in [1.807, 2.05) is 31.2 Å². The summed E-state index contributed by atoms with van der Waals surface area (Å²) in [5, 5.41) is 10.9. The highest BCUT2D eigenvalue weighted by Crippen LogP contribution is 2.25. The molecule has 1 N–H and O–H groups in total. The Labute approximate surface area is 150 Å². The van der Waals surface area contributed by atoms with Crippen LogP contribution in [0.2, 0.25) is 0 Å². The highest BCUT2D eigenvalue weighted by molar-refractivity contribution is 5.93. The van der Waals surface area contributed by atoms with E-state index in [1.165, 1.54) is 0 Å². The van der Waals surface area contributed by atoms with E-state index in [2.05, 4.69) is 20.6 Å². The summed E-state index contributed by atoms with van der Waals surface area (Å²) < 4.78 is 10.6. The first-order valence-corrected chi connectivity index (χ1v) is 8.81. The van der Waals surface area contributed by atoms with Crippen molar-refractivity contribution >= 4 is 5.91 Å². The maximum absolute atomic E-state index is 12.5. The van der Waals surface area contributed by atoms with Crippen molar-refractivity contribution < 1.29 is 13.8 Å². The van der Waals surface area contributed by atoms with Gasteiger partial charge in [0, 0.05) is 11.1 Å². The molecule has 0 radical (unpaired) electrons. The maximum Gasteiger partial charge on any atom is 0.290 e. The molecule has 0 unspecified atom stereocenters. The fourth-order valence-corrected chi connectivity index (χ4v) is 3.21. The van der Waals surface area contributed by atoms with Crippen molar-refractivity contribution in [2.45, 2.75) is 45.6 Å². The average Bonchev–Trinajstić information content (AvgIpc) is 3.29. The normalized spacial score (nSPS) is 14.7. The van der Waals surface area contributed by atoms with Crippen molar-refractivity contribution in [3.8, 4) is 11.4 Å². The number of carbonyl (C=O) groups is 1. The van der Waals surface area contributed by atoms with Crippen LogP contribution in [0, 0.1) is 6.92 Å². The van der Waals surface area contributed by atoms with Crippen LogP contribution in [-0.2, 0) is 12.8 Å². The predicted octanol–water partition coefficient (Wildman–Crippen LogP) is 3.40. The Kier molecular flexibility index (Phi) is 4.28. The van der Waals surface area contributed by atoms with Crippen LogP contribution in [0.25, 0.3) is 11.4 Å². The molecule has 7 heteroatoms. The molecule has 2 heterocycles. The molecule has 2 aromatic heterocycles. The molecule has 1 aliphatic carbocycles. The molecule has 0 fully saturated rings. The van der Waals surface area contributed by atoms with Gasteiger partial charge in [0.15, 0.2) is 0 Å². The lowest BCUT2D eigenvalue weighted by molar-refractivity contribution is 0.0894. The fraction of sp³-hybridized carbons (Fsp3) is 0.368. The molecular weight excluding hydrogens is 332 g/mol. The number of fused-ring (bicyclic) bond motifs is 1. The zero-order chi connectivity index (χ0) is 18.1. The van der Waals surface area contributed by atoms with Crippen molar-refractivity contribution in [3.05, 3.63) is 52.7 Å². The van der Waals surface area contributed by atoms with Crippen molar-refractivity contribution in [3.63, 3.8) is 0 Å². The molecule has 0 aliphatic heterocycles.